The van der Waals surface area contributed by atoms with Crippen LogP contribution in [0.25, 0.3) is 11.6 Å². The van der Waals surface area contributed by atoms with Gasteiger partial charge in [0.1, 0.15) is 5.75 Å². The lowest BCUT2D eigenvalue weighted by Crippen LogP contribution is -2.11. The molecule has 0 radical (unpaired) electrons. The van der Waals surface area contributed by atoms with E-state index >= 15 is 0 Å². The highest BCUT2D eigenvalue weighted by atomic mass is 35.5. The summed E-state index contributed by atoms with van der Waals surface area (Å²) in [4.78, 5) is 12.0. The molecule has 3 rings (SSSR count). The Balaban J connectivity index is 1.69. The molecule has 3 nitrogen and oxygen atoms in total. The minimum Gasteiger partial charge on any atom is -0.426 e. The van der Waals surface area contributed by atoms with Crippen molar-refractivity contribution < 1.29 is 9.53 Å². The van der Waals surface area contributed by atoms with Crippen molar-refractivity contribution in [2.45, 2.75) is 6.42 Å². The van der Waals surface area contributed by atoms with Crippen LogP contribution in [0, 0.1) is 11.3 Å². The summed E-state index contributed by atoms with van der Waals surface area (Å²) >= 11 is 5.99. The van der Waals surface area contributed by atoms with E-state index in [4.69, 9.17) is 16.3 Å². The average molecular weight is 374 g/mol. The van der Waals surface area contributed by atoms with Crippen molar-refractivity contribution in [1.29, 1.82) is 5.26 Å². The van der Waals surface area contributed by atoms with Gasteiger partial charge in [-0.3, -0.25) is 4.79 Å². The quantitative estimate of drug-likeness (QED) is 0.255. The predicted molar refractivity (Wildman–Crippen MR) is 107 cm³/mol. The summed E-state index contributed by atoms with van der Waals surface area (Å²) < 4.78 is 5.36. The monoisotopic (exact) mass is 373 g/mol. The molecule has 0 bridgehead atoms. The third-order valence-corrected chi connectivity index (χ3v) is 4.11. The number of esters is 1. The normalized spacial score (nSPS) is 10.9. The lowest BCUT2D eigenvalue weighted by molar-refractivity contribution is -0.133. The smallest absolute Gasteiger partial charge is 0.315 e. The number of ether oxygens (including phenoxy) is 1. The van der Waals surface area contributed by atoms with E-state index in [1.807, 2.05) is 36.4 Å². The van der Waals surface area contributed by atoms with E-state index in [0.29, 0.717) is 16.3 Å². The number of hydrogen-bond acceptors (Lipinski definition) is 3. The summed E-state index contributed by atoms with van der Waals surface area (Å²) in [5.41, 5.74) is 2.99. The van der Waals surface area contributed by atoms with Gasteiger partial charge in [-0.05, 0) is 47.0 Å². The number of carbonyl (C=O) groups is 1. The maximum atomic E-state index is 12.0. The summed E-state index contributed by atoms with van der Waals surface area (Å²) in [6.45, 7) is 0. The summed E-state index contributed by atoms with van der Waals surface area (Å²) in [6, 6.07) is 25.8. The molecule has 27 heavy (non-hydrogen) atoms. The molecule has 0 atom stereocenters. The number of nitriles is 1. The van der Waals surface area contributed by atoms with Gasteiger partial charge in [-0.2, -0.15) is 5.26 Å². The molecule has 0 saturated carbocycles. The molecule has 0 unspecified atom stereocenters. The highest BCUT2D eigenvalue weighted by Crippen LogP contribution is 2.22. The van der Waals surface area contributed by atoms with Gasteiger partial charge in [0, 0.05) is 5.02 Å². The van der Waals surface area contributed by atoms with Crippen LogP contribution >= 0.6 is 11.6 Å². The fourth-order valence-electron chi connectivity index (χ4n) is 2.56. The van der Waals surface area contributed by atoms with Gasteiger partial charge in [0.05, 0.1) is 18.1 Å². The van der Waals surface area contributed by atoms with Crippen LogP contribution in [0.4, 0.5) is 0 Å². The zero-order chi connectivity index (χ0) is 19.1. The van der Waals surface area contributed by atoms with E-state index in [2.05, 4.69) is 6.07 Å². The third-order valence-electron chi connectivity index (χ3n) is 3.87. The molecule has 4 heteroatoms. The number of allylic oxidation sites excluding steroid dienone is 1. The first-order valence-corrected chi connectivity index (χ1v) is 8.74. The Morgan fingerprint density at radius 2 is 1.74 bits per heavy atom. The van der Waals surface area contributed by atoms with Gasteiger partial charge in [-0.1, -0.05) is 66.2 Å². The van der Waals surface area contributed by atoms with Gasteiger partial charge in [0.15, 0.2) is 0 Å². The van der Waals surface area contributed by atoms with Gasteiger partial charge < -0.3 is 4.74 Å². The van der Waals surface area contributed by atoms with E-state index in [1.54, 1.807) is 48.5 Å². The SMILES string of the molecule is N#C/C(=C/c1ccc(OC(=O)Cc2ccccc2)cc1)c1cccc(Cl)c1. The molecule has 0 saturated heterocycles. The van der Waals surface area contributed by atoms with Crippen molar-refractivity contribution in [3.63, 3.8) is 0 Å². The van der Waals surface area contributed by atoms with Crippen molar-refractivity contribution >= 4 is 29.2 Å². The Hall–Kier alpha value is -3.35. The zero-order valence-corrected chi connectivity index (χ0v) is 15.2. The Morgan fingerprint density at radius 1 is 1.00 bits per heavy atom. The van der Waals surface area contributed by atoms with Gasteiger partial charge in [0.2, 0.25) is 0 Å². The van der Waals surface area contributed by atoms with Crippen LogP contribution in [-0.4, -0.2) is 5.97 Å². The second-order valence-corrected chi connectivity index (χ2v) is 6.32. The summed E-state index contributed by atoms with van der Waals surface area (Å²) in [7, 11) is 0. The predicted octanol–water partition coefficient (Wildman–Crippen LogP) is 5.55. The molecular formula is C23H16ClNO2. The highest BCUT2D eigenvalue weighted by molar-refractivity contribution is 6.30. The van der Waals surface area contributed by atoms with Crippen molar-refractivity contribution in [3.05, 3.63) is 101 Å². The zero-order valence-electron chi connectivity index (χ0n) is 14.4. The average Bonchev–Trinajstić information content (AvgIpc) is 2.68. The molecule has 0 heterocycles. The fourth-order valence-corrected chi connectivity index (χ4v) is 2.76. The molecule has 0 N–H and O–H groups in total. The van der Waals surface area contributed by atoms with Crippen LogP contribution in [-0.2, 0) is 11.2 Å². The summed E-state index contributed by atoms with van der Waals surface area (Å²) in [5.74, 6) is 0.149. The Labute approximate surface area is 163 Å². The fraction of sp³-hybridized carbons (Fsp3) is 0.0435. The van der Waals surface area contributed by atoms with Crippen molar-refractivity contribution in [2.75, 3.05) is 0 Å². The summed E-state index contributed by atoms with van der Waals surface area (Å²) in [5, 5.41) is 9.99. The van der Waals surface area contributed by atoms with Crippen molar-refractivity contribution in [3.8, 4) is 11.8 Å². The van der Waals surface area contributed by atoms with E-state index in [1.165, 1.54) is 0 Å². The molecular weight excluding hydrogens is 358 g/mol. The van der Waals surface area contributed by atoms with Crippen molar-refractivity contribution in [1.82, 2.24) is 0 Å². The number of nitrogens with zero attached hydrogens (tertiary/aromatic N) is 1. The van der Waals surface area contributed by atoms with Gasteiger partial charge in [-0.15, -0.1) is 0 Å². The lowest BCUT2D eigenvalue weighted by Gasteiger charge is -2.05. The van der Waals surface area contributed by atoms with E-state index in [9.17, 15) is 10.1 Å². The maximum Gasteiger partial charge on any atom is 0.315 e. The number of benzene rings is 3. The van der Waals surface area contributed by atoms with Gasteiger partial charge in [0.25, 0.3) is 0 Å². The molecule has 0 aliphatic rings. The van der Waals surface area contributed by atoms with Crippen molar-refractivity contribution in [2.24, 2.45) is 0 Å². The summed E-state index contributed by atoms with van der Waals surface area (Å²) in [6.07, 6.45) is 1.98. The van der Waals surface area contributed by atoms with Crippen LogP contribution in [0.1, 0.15) is 16.7 Å². The third kappa shape index (κ3) is 5.31. The molecule has 0 aromatic heterocycles. The first kappa shape index (κ1) is 18.4. The number of hydrogen-bond donors (Lipinski definition) is 0. The molecule has 0 spiro atoms. The minimum atomic E-state index is -0.318. The molecule has 3 aromatic carbocycles. The van der Waals surface area contributed by atoms with E-state index in [0.717, 1.165) is 16.7 Å². The molecule has 0 fully saturated rings. The van der Waals surface area contributed by atoms with Crippen LogP contribution in [0.15, 0.2) is 78.9 Å². The van der Waals surface area contributed by atoms with E-state index in [-0.39, 0.29) is 12.4 Å². The largest absolute Gasteiger partial charge is 0.426 e. The van der Waals surface area contributed by atoms with Gasteiger partial charge in [-0.25, -0.2) is 0 Å². The number of halogens is 1. The minimum absolute atomic E-state index is 0.218. The topological polar surface area (TPSA) is 50.1 Å². The van der Waals surface area contributed by atoms with Crippen LogP contribution in [0.3, 0.4) is 0 Å². The molecule has 3 aromatic rings. The van der Waals surface area contributed by atoms with Crippen LogP contribution in [0.5, 0.6) is 5.75 Å². The number of carbonyl (C=O) groups excluding carboxylic acids is 1. The van der Waals surface area contributed by atoms with Gasteiger partial charge >= 0.3 is 5.97 Å². The van der Waals surface area contributed by atoms with Crippen LogP contribution in [0.2, 0.25) is 5.02 Å². The Bertz CT molecular complexity index is 1000. The molecule has 0 aliphatic heterocycles. The molecule has 0 aliphatic carbocycles. The highest BCUT2D eigenvalue weighted by Gasteiger charge is 2.07. The number of rotatable bonds is 5. The molecule has 0 amide bonds. The maximum absolute atomic E-state index is 12.0. The van der Waals surface area contributed by atoms with Crippen LogP contribution < -0.4 is 4.74 Å². The second kappa shape index (κ2) is 8.84. The first-order valence-electron chi connectivity index (χ1n) is 8.36. The first-order chi connectivity index (χ1) is 13.1. The Morgan fingerprint density at radius 3 is 2.41 bits per heavy atom. The standard InChI is InChI=1S/C23H16ClNO2/c24-21-8-4-7-19(15-21)20(16-25)13-18-9-11-22(12-10-18)27-23(26)14-17-5-2-1-3-6-17/h1-13,15H,14H2/b20-13-. The lowest BCUT2D eigenvalue weighted by atomic mass is 10.0. The Kier molecular flexibility index (Phi) is 6.04. The second-order valence-electron chi connectivity index (χ2n) is 5.89. The van der Waals surface area contributed by atoms with E-state index < -0.39 is 0 Å². The molecule has 132 valence electrons.